The Morgan fingerprint density at radius 2 is 1.78 bits per heavy atom. The number of carbonyl (C=O) groups is 1. The summed E-state index contributed by atoms with van der Waals surface area (Å²) in [6.45, 7) is 0.435. The molecule has 0 aliphatic rings. The van der Waals surface area contributed by atoms with Gasteiger partial charge in [0.05, 0.1) is 7.11 Å². The topological polar surface area (TPSA) is 47.6 Å². The summed E-state index contributed by atoms with van der Waals surface area (Å²) in [5, 5.41) is 2.91. The molecule has 3 rings (SSSR count). The third kappa shape index (κ3) is 5.05. The van der Waals surface area contributed by atoms with Crippen LogP contribution >= 0.6 is 11.8 Å². The molecule has 0 saturated carbocycles. The van der Waals surface area contributed by atoms with Crippen LogP contribution in [0, 0.1) is 0 Å². The highest BCUT2D eigenvalue weighted by Crippen LogP contribution is 2.29. The van der Waals surface area contributed by atoms with Crippen molar-refractivity contribution in [3.05, 3.63) is 83.9 Å². The van der Waals surface area contributed by atoms with E-state index >= 15 is 0 Å². The van der Waals surface area contributed by atoms with Crippen molar-refractivity contribution in [2.75, 3.05) is 18.7 Å². The number of rotatable bonds is 7. The number of hydrogen-bond acceptors (Lipinski definition) is 4. The smallest absolute Gasteiger partial charge is 0.255 e. The maximum absolute atomic E-state index is 12.6. The molecule has 0 bridgehead atoms. The number of nitrogens with one attached hydrogen (secondary N) is 1. The minimum atomic E-state index is -0.193. The van der Waals surface area contributed by atoms with Gasteiger partial charge in [0.15, 0.2) is 11.5 Å². The third-order valence-electron chi connectivity index (χ3n) is 3.99. The van der Waals surface area contributed by atoms with Gasteiger partial charge in [-0.1, -0.05) is 36.4 Å². The number of benzene rings is 3. The molecule has 0 atom stereocenters. The number of methoxy groups -OCH3 is 1. The summed E-state index contributed by atoms with van der Waals surface area (Å²) >= 11 is 1.63. The molecule has 0 aromatic heterocycles. The van der Waals surface area contributed by atoms with E-state index in [1.54, 1.807) is 37.1 Å². The van der Waals surface area contributed by atoms with Gasteiger partial charge in [-0.3, -0.25) is 4.79 Å². The summed E-state index contributed by atoms with van der Waals surface area (Å²) in [7, 11) is 1.56. The number of amides is 1. The molecular formula is C22H21NO3S. The Kier molecular flexibility index (Phi) is 6.39. The summed E-state index contributed by atoms with van der Waals surface area (Å²) in [4.78, 5) is 13.7. The summed E-state index contributed by atoms with van der Waals surface area (Å²) in [5.41, 5.74) is 2.33. The fourth-order valence-corrected chi connectivity index (χ4v) is 3.03. The normalized spacial score (nSPS) is 10.3. The van der Waals surface area contributed by atoms with Crippen molar-refractivity contribution in [1.29, 1.82) is 0 Å². The molecule has 0 radical (unpaired) electrons. The molecule has 27 heavy (non-hydrogen) atoms. The van der Waals surface area contributed by atoms with Crippen molar-refractivity contribution in [2.24, 2.45) is 0 Å². The van der Waals surface area contributed by atoms with Gasteiger partial charge in [-0.05, 0) is 48.2 Å². The Morgan fingerprint density at radius 1 is 0.963 bits per heavy atom. The van der Waals surface area contributed by atoms with E-state index in [9.17, 15) is 4.79 Å². The maximum atomic E-state index is 12.6. The van der Waals surface area contributed by atoms with E-state index in [-0.39, 0.29) is 5.91 Å². The Bertz CT molecular complexity index is 912. The second-order valence-electron chi connectivity index (χ2n) is 5.83. The first-order chi connectivity index (χ1) is 13.2. The Hall–Kier alpha value is -2.92. The standard InChI is InChI=1S/C22H21NO3S/c1-25-21-13-17(22(24)23-18-9-6-10-19(14-18)27-2)11-12-20(21)26-15-16-7-4-3-5-8-16/h3-14H,15H2,1-2H3,(H,23,24). The van der Waals surface area contributed by atoms with Gasteiger partial charge in [-0.25, -0.2) is 0 Å². The summed E-state index contributed by atoms with van der Waals surface area (Å²) in [5.74, 6) is 0.930. The molecule has 0 aliphatic carbocycles. The molecular weight excluding hydrogens is 358 g/mol. The van der Waals surface area contributed by atoms with E-state index < -0.39 is 0 Å². The lowest BCUT2D eigenvalue weighted by Gasteiger charge is -2.13. The SMILES string of the molecule is COc1cc(C(=O)Nc2cccc(SC)c2)ccc1OCc1ccccc1. The predicted octanol–water partition coefficient (Wildman–Crippen LogP) is 5.25. The van der Waals surface area contributed by atoms with Crippen molar-refractivity contribution in [3.63, 3.8) is 0 Å². The van der Waals surface area contributed by atoms with Crippen molar-refractivity contribution in [3.8, 4) is 11.5 Å². The predicted molar refractivity (Wildman–Crippen MR) is 110 cm³/mol. The first kappa shape index (κ1) is 18.9. The van der Waals surface area contributed by atoms with E-state index in [1.165, 1.54) is 0 Å². The molecule has 0 unspecified atom stereocenters. The van der Waals surface area contributed by atoms with Crippen molar-refractivity contribution in [1.82, 2.24) is 0 Å². The van der Waals surface area contributed by atoms with Crippen LogP contribution in [-0.2, 0) is 6.61 Å². The van der Waals surface area contributed by atoms with E-state index in [0.29, 0.717) is 23.7 Å². The molecule has 0 spiro atoms. The lowest BCUT2D eigenvalue weighted by molar-refractivity contribution is 0.102. The largest absolute Gasteiger partial charge is 0.493 e. The van der Waals surface area contributed by atoms with Crippen molar-refractivity contribution >= 4 is 23.4 Å². The van der Waals surface area contributed by atoms with E-state index in [4.69, 9.17) is 9.47 Å². The van der Waals surface area contributed by atoms with Gasteiger partial charge in [-0.15, -0.1) is 11.8 Å². The van der Waals surface area contributed by atoms with Gasteiger partial charge >= 0.3 is 0 Å². The molecule has 5 heteroatoms. The van der Waals surface area contributed by atoms with Crippen LogP contribution in [-0.4, -0.2) is 19.3 Å². The monoisotopic (exact) mass is 379 g/mol. The average molecular weight is 379 g/mol. The summed E-state index contributed by atoms with van der Waals surface area (Å²) in [6.07, 6.45) is 2.00. The Labute approximate surface area is 163 Å². The van der Waals surface area contributed by atoms with Crippen LogP contribution in [0.3, 0.4) is 0 Å². The highest BCUT2D eigenvalue weighted by molar-refractivity contribution is 7.98. The summed E-state index contributed by atoms with van der Waals surface area (Å²) in [6, 6.07) is 22.8. The van der Waals surface area contributed by atoms with Crippen molar-refractivity contribution < 1.29 is 14.3 Å². The molecule has 0 fully saturated rings. The second kappa shape index (κ2) is 9.14. The van der Waals surface area contributed by atoms with Crippen molar-refractivity contribution in [2.45, 2.75) is 11.5 Å². The first-order valence-corrected chi connectivity index (χ1v) is 9.72. The minimum Gasteiger partial charge on any atom is -0.493 e. The van der Waals surface area contributed by atoms with Gasteiger partial charge in [0.2, 0.25) is 0 Å². The van der Waals surface area contributed by atoms with Crippen LogP contribution in [0.4, 0.5) is 5.69 Å². The van der Waals surface area contributed by atoms with Crippen LogP contribution in [0.2, 0.25) is 0 Å². The molecule has 138 valence electrons. The first-order valence-electron chi connectivity index (χ1n) is 8.50. The highest BCUT2D eigenvalue weighted by atomic mass is 32.2. The maximum Gasteiger partial charge on any atom is 0.255 e. The van der Waals surface area contributed by atoms with Crippen LogP contribution in [0.15, 0.2) is 77.7 Å². The lowest BCUT2D eigenvalue weighted by atomic mass is 10.1. The molecule has 1 amide bonds. The second-order valence-corrected chi connectivity index (χ2v) is 6.71. The molecule has 0 heterocycles. The number of carbonyl (C=O) groups excluding carboxylic acids is 1. The third-order valence-corrected chi connectivity index (χ3v) is 4.72. The fourth-order valence-electron chi connectivity index (χ4n) is 2.57. The molecule has 0 saturated heterocycles. The fraction of sp³-hybridized carbons (Fsp3) is 0.136. The zero-order valence-corrected chi connectivity index (χ0v) is 16.1. The van der Waals surface area contributed by atoms with Crippen LogP contribution in [0.5, 0.6) is 11.5 Å². The minimum absolute atomic E-state index is 0.193. The zero-order chi connectivity index (χ0) is 19.1. The van der Waals surface area contributed by atoms with Crippen LogP contribution < -0.4 is 14.8 Å². The van der Waals surface area contributed by atoms with E-state index in [2.05, 4.69) is 5.32 Å². The number of anilines is 1. The Morgan fingerprint density at radius 3 is 2.52 bits per heavy atom. The molecule has 3 aromatic rings. The van der Waals surface area contributed by atoms with Gasteiger partial charge in [0, 0.05) is 16.1 Å². The number of ether oxygens (including phenoxy) is 2. The van der Waals surface area contributed by atoms with E-state index in [0.717, 1.165) is 16.1 Å². The molecule has 3 aromatic carbocycles. The van der Waals surface area contributed by atoms with Gasteiger partial charge in [0.1, 0.15) is 6.61 Å². The molecule has 4 nitrogen and oxygen atoms in total. The number of hydrogen-bond donors (Lipinski definition) is 1. The van der Waals surface area contributed by atoms with Gasteiger partial charge < -0.3 is 14.8 Å². The number of thioether (sulfide) groups is 1. The van der Waals surface area contributed by atoms with Crippen LogP contribution in [0.25, 0.3) is 0 Å². The average Bonchev–Trinajstić information content (AvgIpc) is 2.73. The molecule has 1 N–H and O–H groups in total. The highest BCUT2D eigenvalue weighted by Gasteiger charge is 2.12. The Balaban J connectivity index is 1.71. The lowest BCUT2D eigenvalue weighted by Crippen LogP contribution is -2.12. The van der Waals surface area contributed by atoms with Gasteiger partial charge in [-0.2, -0.15) is 0 Å². The van der Waals surface area contributed by atoms with E-state index in [1.807, 2.05) is 60.9 Å². The molecule has 0 aliphatic heterocycles. The van der Waals surface area contributed by atoms with Crippen LogP contribution in [0.1, 0.15) is 15.9 Å². The summed E-state index contributed by atoms with van der Waals surface area (Å²) < 4.78 is 11.2. The quantitative estimate of drug-likeness (QED) is 0.570. The zero-order valence-electron chi connectivity index (χ0n) is 15.3. The van der Waals surface area contributed by atoms with Gasteiger partial charge in [0.25, 0.3) is 5.91 Å².